The number of hydrogen-bond donors (Lipinski definition) is 0. The van der Waals surface area contributed by atoms with Crippen LogP contribution in [0.5, 0.6) is 5.75 Å². The summed E-state index contributed by atoms with van der Waals surface area (Å²) < 4.78 is 76.3. The minimum atomic E-state index is -2.27. The number of carbonyl (C=O) groups is 1. The van der Waals surface area contributed by atoms with Crippen LogP contribution < -0.4 is 4.74 Å². The van der Waals surface area contributed by atoms with E-state index in [0.29, 0.717) is 12.4 Å². The van der Waals surface area contributed by atoms with Gasteiger partial charge in [-0.05, 0) is 30.7 Å². The van der Waals surface area contributed by atoms with Gasteiger partial charge in [-0.2, -0.15) is 0 Å². The van der Waals surface area contributed by atoms with Crippen LogP contribution in [0.3, 0.4) is 0 Å². The third-order valence-electron chi connectivity index (χ3n) is 3.50. The molecule has 2 aromatic carbocycles. The Balaban J connectivity index is 2.05. The Kier molecular flexibility index (Phi) is 6.54. The quantitative estimate of drug-likeness (QED) is 0.227. The molecular weight excluding hydrogens is 359 g/mol. The van der Waals surface area contributed by atoms with E-state index in [4.69, 9.17) is 4.74 Å². The fourth-order valence-electron chi connectivity index (χ4n) is 2.02. The van der Waals surface area contributed by atoms with Crippen molar-refractivity contribution in [2.24, 2.45) is 0 Å². The number of ether oxygens (including phenoxy) is 2. The van der Waals surface area contributed by atoms with Crippen molar-refractivity contribution < 1.29 is 36.2 Å². The number of benzene rings is 2. The zero-order valence-corrected chi connectivity index (χ0v) is 13.8. The molecule has 2 rings (SSSR count). The molecule has 0 N–H and O–H groups in total. The van der Waals surface area contributed by atoms with Crippen LogP contribution in [0.15, 0.2) is 24.3 Å². The summed E-state index contributed by atoms with van der Waals surface area (Å²) in [7, 11) is 0. The number of esters is 1. The molecule has 0 heterocycles. The minimum absolute atomic E-state index is 0.0386. The van der Waals surface area contributed by atoms with Crippen molar-refractivity contribution in [2.75, 3.05) is 6.61 Å². The monoisotopic (exact) mass is 374 g/mol. The van der Waals surface area contributed by atoms with Crippen molar-refractivity contribution >= 4 is 5.97 Å². The van der Waals surface area contributed by atoms with E-state index in [1.165, 1.54) is 24.3 Å². The lowest BCUT2D eigenvalue weighted by Crippen LogP contribution is -2.11. The van der Waals surface area contributed by atoms with E-state index < -0.39 is 47.2 Å². The second kappa shape index (κ2) is 8.64. The van der Waals surface area contributed by atoms with E-state index in [1.807, 2.05) is 6.92 Å². The predicted molar refractivity (Wildman–Crippen MR) is 82.2 cm³/mol. The summed E-state index contributed by atoms with van der Waals surface area (Å²) in [6.45, 7) is 1.42. The zero-order chi connectivity index (χ0) is 19.3. The molecule has 0 radical (unpaired) electrons. The molecule has 0 aliphatic rings. The molecular formula is C18H15F5O3. The Morgan fingerprint density at radius 1 is 0.885 bits per heavy atom. The number of hydrogen-bond acceptors (Lipinski definition) is 3. The fourth-order valence-corrected chi connectivity index (χ4v) is 2.02. The molecule has 0 atom stereocenters. The minimum Gasteiger partial charge on any atom is -0.494 e. The van der Waals surface area contributed by atoms with Gasteiger partial charge in [0.05, 0.1) is 17.7 Å². The van der Waals surface area contributed by atoms with Crippen LogP contribution in [0.4, 0.5) is 22.0 Å². The van der Waals surface area contributed by atoms with Crippen LogP contribution >= 0.6 is 0 Å². The van der Waals surface area contributed by atoms with Gasteiger partial charge in [0.1, 0.15) is 12.4 Å². The summed E-state index contributed by atoms with van der Waals surface area (Å²) in [6.07, 6.45) is 1.83. The van der Waals surface area contributed by atoms with Gasteiger partial charge in [0.2, 0.25) is 5.82 Å². The molecule has 26 heavy (non-hydrogen) atoms. The summed E-state index contributed by atoms with van der Waals surface area (Å²) in [5.74, 6) is -11.0. The van der Waals surface area contributed by atoms with Crippen LogP contribution in [0.25, 0.3) is 0 Å². The van der Waals surface area contributed by atoms with E-state index >= 15 is 0 Å². The van der Waals surface area contributed by atoms with Gasteiger partial charge >= 0.3 is 5.97 Å². The van der Waals surface area contributed by atoms with E-state index in [9.17, 15) is 26.7 Å². The first-order valence-corrected chi connectivity index (χ1v) is 7.77. The molecule has 2 aromatic rings. The zero-order valence-electron chi connectivity index (χ0n) is 13.8. The highest BCUT2D eigenvalue weighted by Crippen LogP contribution is 2.24. The van der Waals surface area contributed by atoms with Gasteiger partial charge in [-0.1, -0.05) is 13.3 Å². The third-order valence-corrected chi connectivity index (χ3v) is 3.50. The lowest BCUT2D eigenvalue weighted by atomic mass is 10.1. The van der Waals surface area contributed by atoms with E-state index in [-0.39, 0.29) is 5.56 Å². The third kappa shape index (κ3) is 4.30. The van der Waals surface area contributed by atoms with Crippen molar-refractivity contribution in [1.29, 1.82) is 0 Å². The molecule has 0 unspecified atom stereocenters. The number of carbonyl (C=O) groups excluding carboxylic acids is 1. The Bertz CT molecular complexity index is 761. The molecule has 140 valence electrons. The molecule has 0 amide bonds. The van der Waals surface area contributed by atoms with Gasteiger partial charge in [-0.15, -0.1) is 0 Å². The van der Waals surface area contributed by atoms with E-state index in [0.717, 1.165) is 12.8 Å². The molecule has 0 spiro atoms. The maximum Gasteiger partial charge on any atom is 0.338 e. The highest BCUT2D eigenvalue weighted by atomic mass is 19.2. The molecule has 8 heteroatoms. The fraction of sp³-hybridized carbons (Fsp3) is 0.278. The van der Waals surface area contributed by atoms with Gasteiger partial charge in [0.15, 0.2) is 23.3 Å². The van der Waals surface area contributed by atoms with Crippen molar-refractivity contribution in [3.63, 3.8) is 0 Å². The van der Waals surface area contributed by atoms with E-state index in [2.05, 4.69) is 4.74 Å². The highest BCUT2D eigenvalue weighted by molar-refractivity contribution is 5.89. The second-order valence-corrected chi connectivity index (χ2v) is 5.35. The first kappa shape index (κ1) is 19.7. The topological polar surface area (TPSA) is 35.5 Å². The van der Waals surface area contributed by atoms with Crippen LogP contribution in [-0.2, 0) is 11.3 Å². The van der Waals surface area contributed by atoms with Crippen molar-refractivity contribution in [3.05, 3.63) is 64.5 Å². The summed E-state index contributed by atoms with van der Waals surface area (Å²) in [4.78, 5) is 11.9. The van der Waals surface area contributed by atoms with Gasteiger partial charge < -0.3 is 9.47 Å². The molecule has 0 aliphatic carbocycles. The SMILES string of the molecule is CCCCOc1ccc(C(=O)OCc2c(F)c(F)c(F)c(F)c2F)cc1. The summed E-state index contributed by atoms with van der Waals surface area (Å²) >= 11 is 0. The maximum absolute atomic E-state index is 13.5. The molecule has 0 bridgehead atoms. The lowest BCUT2D eigenvalue weighted by molar-refractivity contribution is 0.0462. The Hall–Kier alpha value is -2.64. The van der Waals surface area contributed by atoms with Crippen LogP contribution in [0, 0.1) is 29.1 Å². The largest absolute Gasteiger partial charge is 0.494 e. The highest BCUT2D eigenvalue weighted by Gasteiger charge is 2.26. The second-order valence-electron chi connectivity index (χ2n) is 5.35. The molecule has 0 fully saturated rings. The molecule has 0 saturated carbocycles. The molecule has 0 saturated heterocycles. The summed E-state index contributed by atoms with van der Waals surface area (Å²) in [5, 5.41) is 0. The average molecular weight is 374 g/mol. The van der Waals surface area contributed by atoms with Crippen LogP contribution in [0.1, 0.15) is 35.7 Å². The first-order chi connectivity index (χ1) is 12.4. The Morgan fingerprint density at radius 2 is 1.42 bits per heavy atom. The van der Waals surface area contributed by atoms with Crippen molar-refractivity contribution in [1.82, 2.24) is 0 Å². The summed E-state index contributed by atoms with van der Waals surface area (Å²) in [6, 6.07) is 5.74. The maximum atomic E-state index is 13.5. The number of rotatable bonds is 7. The van der Waals surface area contributed by atoms with Crippen molar-refractivity contribution in [3.8, 4) is 5.75 Å². The van der Waals surface area contributed by atoms with Gasteiger partial charge in [0.25, 0.3) is 0 Å². The predicted octanol–water partition coefficient (Wildman–Crippen LogP) is 4.92. The molecule has 0 aliphatic heterocycles. The molecule has 0 aromatic heterocycles. The van der Waals surface area contributed by atoms with Crippen LogP contribution in [0.2, 0.25) is 0 Å². The Labute approximate surface area is 146 Å². The lowest BCUT2D eigenvalue weighted by Gasteiger charge is -2.10. The smallest absolute Gasteiger partial charge is 0.338 e. The van der Waals surface area contributed by atoms with Crippen LogP contribution in [-0.4, -0.2) is 12.6 Å². The van der Waals surface area contributed by atoms with Crippen molar-refractivity contribution in [2.45, 2.75) is 26.4 Å². The number of unbranched alkanes of at least 4 members (excludes halogenated alkanes) is 1. The normalized spacial score (nSPS) is 10.7. The Morgan fingerprint density at radius 3 is 1.96 bits per heavy atom. The van der Waals surface area contributed by atoms with Gasteiger partial charge in [-0.25, -0.2) is 26.7 Å². The molecule has 3 nitrogen and oxygen atoms in total. The van der Waals surface area contributed by atoms with Gasteiger partial charge in [-0.3, -0.25) is 0 Å². The average Bonchev–Trinajstić information content (AvgIpc) is 2.65. The first-order valence-electron chi connectivity index (χ1n) is 7.77. The standard InChI is InChI=1S/C18H15F5O3/c1-2-3-8-25-11-6-4-10(5-7-11)18(24)26-9-12-13(19)15(21)17(23)16(22)14(12)20/h4-7H,2-3,8-9H2,1H3. The van der Waals surface area contributed by atoms with Gasteiger partial charge in [0, 0.05) is 0 Å². The summed E-state index contributed by atoms with van der Waals surface area (Å²) in [5.41, 5.74) is -1.18. The van der Waals surface area contributed by atoms with E-state index in [1.54, 1.807) is 0 Å². The number of halogens is 5.